The van der Waals surface area contributed by atoms with E-state index in [0.29, 0.717) is 6.54 Å². The molecule has 0 saturated heterocycles. The Balaban J connectivity index is 1.65. The molecule has 0 fully saturated rings. The van der Waals surface area contributed by atoms with Crippen molar-refractivity contribution in [1.29, 1.82) is 0 Å². The van der Waals surface area contributed by atoms with E-state index in [4.69, 9.17) is 0 Å². The minimum atomic E-state index is 0.606. The van der Waals surface area contributed by atoms with Crippen LogP contribution in [0.15, 0.2) is 54.6 Å². The predicted molar refractivity (Wildman–Crippen MR) is 81.4 cm³/mol. The lowest BCUT2D eigenvalue weighted by Crippen LogP contribution is -1.97. The van der Waals surface area contributed by atoms with E-state index in [9.17, 15) is 0 Å². The van der Waals surface area contributed by atoms with Gasteiger partial charge in [-0.1, -0.05) is 53.5 Å². The first-order chi connectivity index (χ1) is 9.42. The van der Waals surface area contributed by atoms with Crippen LogP contribution >= 0.6 is 11.3 Å². The fraction of sp³-hybridized carbons (Fsp3) is 0.0625. The topological polar surface area (TPSA) is 24.9 Å². The minimum Gasteiger partial charge on any atom is -0.351 e. The Morgan fingerprint density at radius 2 is 1.79 bits per heavy atom. The fourth-order valence-corrected chi connectivity index (χ4v) is 2.60. The molecule has 1 heterocycles. The Morgan fingerprint density at radius 1 is 1.00 bits per heavy atom. The fourth-order valence-electron chi connectivity index (χ4n) is 1.74. The molecule has 2 nitrogen and oxygen atoms in total. The normalized spacial score (nSPS) is 9.89. The molecule has 92 valence electrons. The van der Waals surface area contributed by atoms with Crippen LogP contribution in [0.4, 0.5) is 5.13 Å². The Morgan fingerprint density at radius 3 is 2.63 bits per heavy atom. The molecule has 3 aromatic rings. The third-order valence-electron chi connectivity index (χ3n) is 2.63. The van der Waals surface area contributed by atoms with E-state index in [1.54, 1.807) is 11.3 Å². The maximum absolute atomic E-state index is 4.50. The molecule has 0 spiro atoms. The monoisotopic (exact) mass is 264 g/mol. The van der Waals surface area contributed by atoms with Crippen LogP contribution < -0.4 is 5.32 Å². The van der Waals surface area contributed by atoms with Gasteiger partial charge in [0.15, 0.2) is 5.13 Å². The lowest BCUT2D eigenvalue weighted by Gasteiger charge is -1.93. The highest BCUT2D eigenvalue weighted by Crippen LogP contribution is 2.24. The number of anilines is 1. The van der Waals surface area contributed by atoms with Crippen LogP contribution in [0.2, 0.25) is 0 Å². The highest BCUT2D eigenvalue weighted by Gasteiger charge is 2.00. The van der Waals surface area contributed by atoms with E-state index in [1.807, 2.05) is 48.5 Å². The van der Waals surface area contributed by atoms with Crippen LogP contribution in [0.1, 0.15) is 5.56 Å². The quantitative estimate of drug-likeness (QED) is 0.713. The van der Waals surface area contributed by atoms with Gasteiger partial charge >= 0.3 is 0 Å². The Kier molecular flexibility index (Phi) is 3.44. The summed E-state index contributed by atoms with van der Waals surface area (Å²) < 4.78 is 1.20. The first-order valence-corrected chi connectivity index (χ1v) is 6.87. The molecule has 3 heteroatoms. The van der Waals surface area contributed by atoms with Crippen molar-refractivity contribution in [3.8, 4) is 11.8 Å². The molecule has 0 saturated carbocycles. The second-order valence-electron chi connectivity index (χ2n) is 4.01. The van der Waals surface area contributed by atoms with Gasteiger partial charge in [0, 0.05) is 5.56 Å². The van der Waals surface area contributed by atoms with Crippen molar-refractivity contribution in [1.82, 2.24) is 4.98 Å². The number of nitrogens with one attached hydrogen (secondary N) is 1. The summed E-state index contributed by atoms with van der Waals surface area (Å²) in [5, 5.41) is 4.16. The van der Waals surface area contributed by atoms with Crippen LogP contribution in [-0.2, 0) is 0 Å². The van der Waals surface area contributed by atoms with Gasteiger partial charge in [0.05, 0.1) is 16.8 Å². The van der Waals surface area contributed by atoms with Crippen molar-refractivity contribution >= 4 is 26.7 Å². The van der Waals surface area contributed by atoms with Gasteiger partial charge in [-0.3, -0.25) is 0 Å². The summed E-state index contributed by atoms with van der Waals surface area (Å²) in [6.45, 7) is 0.606. The summed E-state index contributed by atoms with van der Waals surface area (Å²) in [5.74, 6) is 6.21. The number of benzene rings is 2. The zero-order chi connectivity index (χ0) is 12.9. The number of thiazole rings is 1. The molecular weight excluding hydrogens is 252 g/mol. The second kappa shape index (κ2) is 5.55. The van der Waals surface area contributed by atoms with Gasteiger partial charge in [0.1, 0.15) is 0 Å². The molecule has 2 aromatic carbocycles. The molecule has 0 aliphatic rings. The van der Waals surface area contributed by atoms with Crippen LogP contribution in [0.3, 0.4) is 0 Å². The lowest BCUT2D eigenvalue weighted by molar-refractivity contribution is 1.33. The highest BCUT2D eigenvalue weighted by atomic mass is 32.1. The number of fused-ring (bicyclic) bond motifs is 1. The van der Waals surface area contributed by atoms with Crippen LogP contribution in [0.25, 0.3) is 10.2 Å². The molecule has 1 N–H and O–H groups in total. The van der Waals surface area contributed by atoms with Crippen molar-refractivity contribution in [2.45, 2.75) is 0 Å². The second-order valence-corrected chi connectivity index (χ2v) is 5.04. The van der Waals surface area contributed by atoms with Gasteiger partial charge in [-0.2, -0.15) is 0 Å². The maximum Gasteiger partial charge on any atom is 0.184 e. The Bertz CT molecular complexity index is 702. The lowest BCUT2D eigenvalue weighted by atomic mass is 10.2. The Labute approximate surface area is 116 Å². The van der Waals surface area contributed by atoms with Crippen molar-refractivity contribution < 1.29 is 0 Å². The average Bonchev–Trinajstić information content (AvgIpc) is 2.87. The SMILES string of the molecule is C(#Cc1ccccc1)CNc1nc2ccccc2s1. The number of hydrogen-bond acceptors (Lipinski definition) is 3. The van der Waals surface area contributed by atoms with Crippen LogP contribution in [-0.4, -0.2) is 11.5 Å². The summed E-state index contributed by atoms with van der Waals surface area (Å²) in [4.78, 5) is 4.50. The number of nitrogens with zero attached hydrogens (tertiary/aromatic N) is 1. The van der Waals surface area contributed by atoms with Crippen molar-refractivity contribution in [3.63, 3.8) is 0 Å². The summed E-state index contributed by atoms with van der Waals surface area (Å²) in [6, 6.07) is 18.1. The smallest absolute Gasteiger partial charge is 0.184 e. The average molecular weight is 264 g/mol. The molecule has 0 atom stereocenters. The molecular formula is C16H12N2S. The highest BCUT2D eigenvalue weighted by molar-refractivity contribution is 7.22. The van der Waals surface area contributed by atoms with Crippen LogP contribution in [0, 0.1) is 11.8 Å². The zero-order valence-electron chi connectivity index (χ0n) is 10.3. The first kappa shape index (κ1) is 11.8. The van der Waals surface area contributed by atoms with E-state index >= 15 is 0 Å². The number of rotatable bonds is 2. The van der Waals surface area contributed by atoms with Crippen molar-refractivity contribution in [2.24, 2.45) is 0 Å². The number of hydrogen-bond donors (Lipinski definition) is 1. The van der Waals surface area contributed by atoms with Gasteiger partial charge in [-0.15, -0.1) is 0 Å². The van der Waals surface area contributed by atoms with Gasteiger partial charge in [-0.05, 0) is 24.3 Å². The third kappa shape index (κ3) is 2.93. The van der Waals surface area contributed by atoms with Crippen molar-refractivity contribution in [3.05, 3.63) is 60.2 Å². The van der Waals surface area contributed by atoms with Gasteiger partial charge in [-0.25, -0.2) is 4.98 Å². The molecule has 0 aliphatic carbocycles. The molecule has 1 aromatic heterocycles. The summed E-state index contributed by atoms with van der Waals surface area (Å²) in [6.07, 6.45) is 0. The number of para-hydroxylation sites is 1. The largest absolute Gasteiger partial charge is 0.351 e. The third-order valence-corrected chi connectivity index (χ3v) is 3.62. The molecule has 19 heavy (non-hydrogen) atoms. The van der Waals surface area contributed by atoms with E-state index < -0.39 is 0 Å². The van der Waals surface area contributed by atoms with Gasteiger partial charge in [0.2, 0.25) is 0 Å². The van der Waals surface area contributed by atoms with E-state index in [1.165, 1.54) is 4.70 Å². The first-order valence-electron chi connectivity index (χ1n) is 6.05. The number of aromatic nitrogens is 1. The van der Waals surface area contributed by atoms with E-state index in [-0.39, 0.29) is 0 Å². The molecule has 0 unspecified atom stereocenters. The van der Waals surface area contributed by atoms with E-state index in [2.05, 4.69) is 28.2 Å². The maximum atomic E-state index is 4.50. The van der Waals surface area contributed by atoms with Gasteiger partial charge < -0.3 is 5.32 Å². The molecule has 3 rings (SSSR count). The standard InChI is InChI=1S/C16H12N2S/c1-2-7-13(8-3-1)9-6-12-17-16-18-14-10-4-5-11-15(14)19-16/h1-5,7-8,10-11H,12H2,(H,17,18). The summed E-state index contributed by atoms with van der Waals surface area (Å²) in [7, 11) is 0. The zero-order valence-corrected chi connectivity index (χ0v) is 11.1. The molecule has 0 bridgehead atoms. The predicted octanol–water partition coefficient (Wildman–Crippen LogP) is 3.76. The van der Waals surface area contributed by atoms with E-state index in [0.717, 1.165) is 16.2 Å². The summed E-state index contributed by atoms with van der Waals surface area (Å²) in [5.41, 5.74) is 2.07. The molecule has 0 amide bonds. The minimum absolute atomic E-state index is 0.606. The molecule has 0 radical (unpaired) electrons. The Hall–Kier alpha value is -2.31. The van der Waals surface area contributed by atoms with Crippen molar-refractivity contribution in [2.75, 3.05) is 11.9 Å². The van der Waals surface area contributed by atoms with Crippen LogP contribution in [0.5, 0.6) is 0 Å². The summed E-state index contributed by atoms with van der Waals surface area (Å²) >= 11 is 1.65. The van der Waals surface area contributed by atoms with Gasteiger partial charge in [0.25, 0.3) is 0 Å². The molecule has 0 aliphatic heterocycles.